The van der Waals surface area contributed by atoms with Crippen LogP contribution in [0.5, 0.6) is 0 Å². The Morgan fingerprint density at radius 1 is 1.21 bits per heavy atom. The summed E-state index contributed by atoms with van der Waals surface area (Å²) < 4.78 is 8.74. The number of aliphatic imine (C=N–C) groups is 1. The number of hydrogen-bond acceptors (Lipinski definition) is 9. The van der Waals surface area contributed by atoms with Gasteiger partial charge in [0.1, 0.15) is 23.0 Å². The van der Waals surface area contributed by atoms with Crippen molar-refractivity contribution in [2.45, 2.75) is 46.2 Å². The number of aryl methyl sites for hydroxylation is 1. The monoisotopic (exact) mass is 654 g/mol. The molecule has 0 bridgehead atoms. The van der Waals surface area contributed by atoms with E-state index in [2.05, 4.69) is 45.4 Å². The highest BCUT2D eigenvalue weighted by Crippen LogP contribution is 2.39. The summed E-state index contributed by atoms with van der Waals surface area (Å²) in [7, 11) is 3.10. The Morgan fingerprint density at radius 3 is 2.67 bits per heavy atom. The molecule has 252 valence electrons. The number of aliphatic hydroxyl groups is 1. The van der Waals surface area contributed by atoms with Crippen LogP contribution in [0.4, 0.5) is 11.5 Å². The van der Waals surface area contributed by atoms with Crippen molar-refractivity contribution in [2.24, 2.45) is 17.5 Å². The zero-order chi connectivity index (χ0) is 34.3. The van der Waals surface area contributed by atoms with Gasteiger partial charge in [-0.1, -0.05) is 26.5 Å². The van der Waals surface area contributed by atoms with Crippen molar-refractivity contribution in [2.75, 3.05) is 45.3 Å². The number of nitrogens with zero attached hydrogens (tertiary/aromatic N) is 7. The van der Waals surface area contributed by atoms with Crippen LogP contribution in [0.3, 0.4) is 0 Å². The molecule has 2 N–H and O–H groups in total. The summed E-state index contributed by atoms with van der Waals surface area (Å²) >= 11 is 0. The Balaban J connectivity index is 1.28. The van der Waals surface area contributed by atoms with E-state index in [1.54, 1.807) is 35.0 Å². The maximum absolute atomic E-state index is 13.9. The van der Waals surface area contributed by atoms with Gasteiger partial charge in [-0.05, 0) is 55.0 Å². The molecule has 0 spiro atoms. The number of ether oxygens (including phenoxy) is 1. The Labute approximate surface area is 279 Å². The van der Waals surface area contributed by atoms with Crippen LogP contribution in [-0.2, 0) is 31.2 Å². The smallest absolute Gasteiger partial charge is 0.290 e. The van der Waals surface area contributed by atoms with Gasteiger partial charge in [-0.15, -0.1) is 0 Å². The van der Waals surface area contributed by atoms with Crippen LogP contribution in [0.25, 0.3) is 5.57 Å². The van der Waals surface area contributed by atoms with Gasteiger partial charge in [0.25, 0.3) is 17.4 Å². The molecule has 6 rings (SSSR count). The molecule has 13 nitrogen and oxygen atoms in total. The van der Waals surface area contributed by atoms with E-state index >= 15 is 0 Å². The molecular formula is C35H42N8O5. The number of rotatable bonds is 7. The highest BCUT2D eigenvalue weighted by atomic mass is 16.5. The number of aromatic nitrogens is 4. The predicted molar refractivity (Wildman–Crippen MR) is 183 cm³/mol. The Bertz CT molecular complexity index is 1900. The Morgan fingerprint density at radius 2 is 2.00 bits per heavy atom. The molecular weight excluding hydrogens is 612 g/mol. The van der Waals surface area contributed by atoms with E-state index in [-0.39, 0.29) is 29.0 Å². The van der Waals surface area contributed by atoms with E-state index in [0.29, 0.717) is 72.6 Å². The van der Waals surface area contributed by atoms with E-state index < -0.39 is 12.2 Å². The van der Waals surface area contributed by atoms with E-state index in [4.69, 9.17) is 4.74 Å². The fourth-order valence-electron chi connectivity index (χ4n) is 6.95. The maximum atomic E-state index is 13.9. The number of pyridine rings is 1. The van der Waals surface area contributed by atoms with Gasteiger partial charge < -0.3 is 24.6 Å². The fraction of sp³-hybridized carbons (Fsp3) is 0.429. The first-order chi connectivity index (χ1) is 23.0. The normalized spacial score (nSPS) is 19.5. The Hall–Kier alpha value is -4.88. The summed E-state index contributed by atoms with van der Waals surface area (Å²) in [4.78, 5) is 52.3. The van der Waals surface area contributed by atoms with Crippen molar-refractivity contribution < 1.29 is 19.4 Å². The number of morpholine rings is 1. The second-order valence-corrected chi connectivity index (χ2v) is 13.3. The zero-order valence-corrected chi connectivity index (χ0v) is 28.1. The molecule has 1 saturated heterocycles. The van der Waals surface area contributed by atoms with Crippen molar-refractivity contribution in [1.82, 2.24) is 29.1 Å². The molecule has 3 aliphatic rings. The number of fused-ring (bicyclic) bond motifs is 3. The summed E-state index contributed by atoms with van der Waals surface area (Å²) in [6.45, 7) is 12.4. The molecule has 3 aromatic rings. The third-order valence-electron chi connectivity index (χ3n) is 9.29. The minimum atomic E-state index is -0.449. The highest BCUT2D eigenvalue weighted by Gasteiger charge is 2.38. The number of hydrogen-bond donors (Lipinski definition) is 2. The third kappa shape index (κ3) is 5.99. The SMILES string of the molecule is C=C/C(=C(/CO)C(=NC)N1CCn2c(cc3c2CC(C)(C)C3)C1=O)c1cc(Nc2ccc(C(=O)N3CCOCC3C)cn2)c(=O)n(C)n1. The molecule has 2 amide bonds. The van der Waals surface area contributed by atoms with Crippen LogP contribution >= 0.6 is 0 Å². The average Bonchev–Trinajstić information content (AvgIpc) is 3.56. The van der Waals surface area contributed by atoms with Crippen LogP contribution in [0.15, 0.2) is 58.5 Å². The van der Waals surface area contributed by atoms with Gasteiger partial charge in [-0.3, -0.25) is 24.3 Å². The lowest BCUT2D eigenvalue weighted by Gasteiger charge is -2.33. The van der Waals surface area contributed by atoms with Crippen molar-refractivity contribution in [3.05, 3.63) is 87.3 Å². The second kappa shape index (κ2) is 13.0. The molecule has 48 heavy (non-hydrogen) atoms. The molecule has 0 saturated carbocycles. The summed E-state index contributed by atoms with van der Waals surface area (Å²) in [6, 6.07) is 6.81. The quantitative estimate of drug-likeness (QED) is 0.225. The molecule has 1 fully saturated rings. The molecule has 1 atom stereocenters. The topological polar surface area (TPSA) is 147 Å². The number of aliphatic hydroxyl groups excluding tert-OH is 1. The fourth-order valence-corrected chi connectivity index (χ4v) is 6.95. The standard InChI is InChI=1S/C35H42N8O5/c1-7-24(25(19-44)31(36-5)43-11-10-42-28(34(43)47)14-23-16-35(3,4)17-29(23)42)26-15-27(33(46)40(6)39-26)38-30-9-8-22(18-37-30)32(45)41-12-13-48-20-21(41)2/h7-9,14-15,18,21,44H,1,10-13,16-17,19-20H2,2-6H3,(H,37,38)/b25-24+,36-31?. The molecule has 3 aromatic heterocycles. The maximum Gasteiger partial charge on any atom is 0.290 e. The van der Waals surface area contributed by atoms with Gasteiger partial charge in [-0.2, -0.15) is 5.10 Å². The van der Waals surface area contributed by atoms with Gasteiger partial charge in [-0.25, -0.2) is 9.67 Å². The third-order valence-corrected chi connectivity index (χ3v) is 9.29. The molecule has 0 aromatic carbocycles. The first-order valence-corrected chi connectivity index (χ1v) is 16.1. The van der Waals surface area contributed by atoms with Crippen molar-refractivity contribution in [3.63, 3.8) is 0 Å². The predicted octanol–water partition coefficient (Wildman–Crippen LogP) is 2.82. The van der Waals surface area contributed by atoms with Crippen molar-refractivity contribution in [3.8, 4) is 0 Å². The lowest BCUT2D eigenvalue weighted by Crippen LogP contribution is -2.47. The zero-order valence-electron chi connectivity index (χ0n) is 28.1. The van der Waals surface area contributed by atoms with E-state index in [1.807, 2.05) is 13.0 Å². The van der Waals surface area contributed by atoms with Gasteiger partial charge in [0, 0.05) is 56.8 Å². The lowest BCUT2D eigenvalue weighted by molar-refractivity contribution is 0.00357. The van der Waals surface area contributed by atoms with Crippen LogP contribution in [0.1, 0.15) is 58.6 Å². The largest absolute Gasteiger partial charge is 0.392 e. The minimum Gasteiger partial charge on any atom is -0.392 e. The molecule has 13 heteroatoms. The van der Waals surface area contributed by atoms with E-state index in [1.165, 1.54) is 35.3 Å². The number of amides is 2. The summed E-state index contributed by atoms with van der Waals surface area (Å²) in [5, 5.41) is 18.2. The lowest BCUT2D eigenvalue weighted by atomic mass is 9.90. The van der Waals surface area contributed by atoms with Crippen LogP contribution in [0, 0.1) is 5.41 Å². The van der Waals surface area contributed by atoms with E-state index in [9.17, 15) is 19.5 Å². The number of amidine groups is 1. The Kier molecular flexibility index (Phi) is 8.92. The number of anilines is 2. The van der Waals surface area contributed by atoms with Gasteiger partial charge >= 0.3 is 0 Å². The first kappa shape index (κ1) is 33.0. The highest BCUT2D eigenvalue weighted by molar-refractivity contribution is 6.16. The molecule has 1 unspecified atom stereocenters. The first-order valence-electron chi connectivity index (χ1n) is 16.1. The van der Waals surface area contributed by atoms with E-state index in [0.717, 1.165) is 12.8 Å². The molecule has 2 aliphatic heterocycles. The van der Waals surface area contributed by atoms with Crippen LogP contribution < -0.4 is 10.9 Å². The van der Waals surface area contributed by atoms with Gasteiger partial charge in [0.15, 0.2) is 0 Å². The summed E-state index contributed by atoms with van der Waals surface area (Å²) in [5.74, 6) is 0.351. The summed E-state index contributed by atoms with van der Waals surface area (Å²) in [5.41, 5.74) is 4.52. The number of allylic oxidation sites excluding steroid dienone is 2. The number of nitrogens with one attached hydrogen (secondary N) is 1. The van der Waals surface area contributed by atoms with Crippen molar-refractivity contribution >= 4 is 34.7 Å². The number of carbonyl (C=O) groups is 2. The van der Waals surface area contributed by atoms with Gasteiger partial charge in [0.05, 0.1) is 37.1 Å². The minimum absolute atomic E-state index is 0.0376. The molecule has 0 radical (unpaired) electrons. The number of carbonyl (C=O) groups excluding carboxylic acids is 2. The molecule has 1 aliphatic carbocycles. The van der Waals surface area contributed by atoms with Crippen molar-refractivity contribution in [1.29, 1.82) is 0 Å². The average molecular weight is 655 g/mol. The second-order valence-electron chi connectivity index (χ2n) is 13.3. The van der Waals surface area contributed by atoms with Crippen LogP contribution in [0.2, 0.25) is 0 Å². The summed E-state index contributed by atoms with van der Waals surface area (Å²) in [6.07, 6.45) is 4.86. The van der Waals surface area contributed by atoms with Gasteiger partial charge in [0.2, 0.25) is 0 Å². The van der Waals surface area contributed by atoms with Crippen LogP contribution in [-0.4, -0.2) is 97.9 Å². The molecule has 5 heterocycles.